The molecule has 2 rings (SSSR count). The van der Waals surface area contributed by atoms with Crippen LogP contribution in [0.4, 0.5) is 0 Å². The quantitative estimate of drug-likeness (QED) is 0.570. The number of rotatable bonds is 9. The summed E-state index contributed by atoms with van der Waals surface area (Å²) in [6, 6.07) is 4.23. The minimum Gasteiger partial charge on any atom is -0.353 e. The van der Waals surface area contributed by atoms with E-state index in [0.29, 0.717) is 5.92 Å². The van der Waals surface area contributed by atoms with Crippen LogP contribution in [0, 0.1) is 5.92 Å². The second-order valence-electron chi connectivity index (χ2n) is 6.00. The molecule has 0 fully saturated rings. The van der Waals surface area contributed by atoms with Crippen molar-refractivity contribution < 1.29 is 0 Å². The molecule has 2 aromatic heterocycles. The highest BCUT2D eigenvalue weighted by atomic mass is 32.2. The molecule has 5 nitrogen and oxygen atoms in total. The van der Waals surface area contributed by atoms with Crippen LogP contribution in [0.1, 0.15) is 31.8 Å². The van der Waals surface area contributed by atoms with Gasteiger partial charge in [0.2, 0.25) is 0 Å². The highest BCUT2D eigenvalue weighted by Gasteiger charge is 2.12. The van der Waals surface area contributed by atoms with Gasteiger partial charge in [0.15, 0.2) is 5.16 Å². The third kappa shape index (κ3) is 4.61. The molecule has 0 saturated heterocycles. The Hall–Kier alpha value is -1.27. The molecule has 0 aliphatic heterocycles. The standard InChI is InChI=1S/C16H27N5S/c1-13(2)12-21-15(18-19-16(21)22-4)8-5-9-17-11-14-7-6-10-20(14)3/h6-7,10,13,17H,5,8-9,11-12H2,1-4H3. The van der Waals surface area contributed by atoms with E-state index in [9.17, 15) is 0 Å². The van der Waals surface area contributed by atoms with E-state index in [1.165, 1.54) is 5.69 Å². The molecule has 0 spiro atoms. The number of aryl methyl sites for hydroxylation is 2. The van der Waals surface area contributed by atoms with Crippen LogP contribution in [0.15, 0.2) is 23.5 Å². The fourth-order valence-corrected chi connectivity index (χ4v) is 2.99. The maximum absolute atomic E-state index is 4.36. The molecule has 0 atom stereocenters. The van der Waals surface area contributed by atoms with Gasteiger partial charge >= 0.3 is 0 Å². The van der Waals surface area contributed by atoms with Crippen LogP contribution in [0.25, 0.3) is 0 Å². The van der Waals surface area contributed by atoms with E-state index in [1.54, 1.807) is 11.8 Å². The van der Waals surface area contributed by atoms with Gasteiger partial charge in [-0.05, 0) is 37.3 Å². The molecule has 2 heterocycles. The van der Waals surface area contributed by atoms with E-state index in [0.717, 1.165) is 43.5 Å². The number of thioether (sulfide) groups is 1. The van der Waals surface area contributed by atoms with Gasteiger partial charge in [-0.3, -0.25) is 0 Å². The Bertz CT molecular complexity index is 573. The van der Waals surface area contributed by atoms with Gasteiger partial charge in [0.1, 0.15) is 5.82 Å². The molecule has 0 aromatic carbocycles. The summed E-state index contributed by atoms with van der Waals surface area (Å²) in [5.74, 6) is 1.72. The van der Waals surface area contributed by atoms with Crippen molar-refractivity contribution in [1.82, 2.24) is 24.6 Å². The van der Waals surface area contributed by atoms with Crippen LogP contribution in [-0.4, -0.2) is 32.1 Å². The van der Waals surface area contributed by atoms with Gasteiger partial charge in [-0.2, -0.15) is 0 Å². The second-order valence-corrected chi connectivity index (χ2v) is 6.77. The van der Waals surface area contributed by atoms with Crippen LogP contribution in [-0.2, 0) is 26.6 Å². The Kier molecular flexibility index (Phi) is 6.51. The lowest BCUT2D eigenvalue weighted by Crippen LogP contribution is -2.18. The summed E-state index contributed by atoms with van der Waals surface area (Å²) in [6.07, 6.45) is 6.19. The van der Waals surface area contributed by atoms with Crippen LogP contribution < -0.4 is 5.32 Å². The molecule has 0 aliphatic carbocycles. The summed E-state index contributed by atoms with van der Waals surface area (Å²) in [5.41, 5.74) is 1.31. The van der Waals surface area contributed by atoms with E-state index in [2.05, 4.69) is 70.1 Å². The average molecular weight is 321 g/mol. The molecule has 122 valence electrons. The maximum atomic E-state index is 4.36. The zero-order valence-corrected chi connectivity index (χ0v) is 14.9. The van der Waals surface area contributed by atoms with Gasteiger partial charge < -0.3 is 14.5 Å². The van der Waals surface area contributed by atoms with Crippen LogP contribution in [0.2, 0.25) is 0 Å². The van der Waals surface area contributed by atoms with Gasteiger partial charge in [0.05, 0.1) is 0 Å². The predicted molar refractivity (Wildman–Crippen MR) is 92.1 cm³/mol. The summed E-state index contributed by atoms with van der Waals surface area (Å²) in [5, 5.41) is 13.2. The summed E-state index contributed by atoms with van der Waals surface area (Å²) < 4.78 is 4.42. The molecule has 1 N–H and O–H groups in total. The van der Waals surface area contributed by atoms with Gasteiger partial charge in [-0.1, -0.05) is 25.6 Å². The molecule has 0 saturated carbocycles. The van der Waals surface area contributed by atoms with E-state index in [1.807, 2.05) is 0 Å². The molecule has 6 heteroatoms. The topological polar surface area (TPSA) is 47.7 Å². The fourth-order valence-electron chi connectivity index (χ4n) is 2.47. The van der Waals surface area contributed by atoms with Crippen molar-refractivity contribution in [3.05, 3.63) is 29.8 Å². The first-order valence-corrected chi connectivity index (χ1v) is 9.11. The summed E-state index contributed by atoms with van der Waals surface area (Å²) in [4.78, 5) is 0. The highest BCUT2D eigenvalue weighted by molar-refractivity contribution is 7.98. The lowest BCUT2D eigenvalue weighted by molar-refractivity contribution is 0.475. The first-order valence-electron chi connectivity index (χ1n) is 7.88. The van der Waals surface area contributed by atoms with E-state index in [-0.39, 0.29) is 0 Å². The molecular weight excluding hydrogens is 294 g/mol. The first-order chi connectivity index (χ1) is 10.6. The summed E-state index contributed by atoms with van der Waals surface area (Å²) in [6.45, 7) is 7.37. The van der Waals surface area contributed by atoms with Crippen molar-refractivity contribution in [2.75, 3.05) is 12.8 Å². The number of hydrogen-bond acceptors (Lipinski definition) is 4. The van der Waals surface area contributed by atoms with E-state index in [4.69, 9.17) is 0 Å². The van der Waals surface area contributed by atoms with Crippen molar-refractivity contribution in [3.63, 3.8) is 0 Å². The van der Waals surface area contributed by atoms with Crippen LogP contribution >= 0.6 is 11.8 Å². The SMILES string of the molecule is CSc1nnc(CCCNCc2cccn2C)n1CC(C)C. The minimum absolute atomic E-state index is 0.608. The fraction of sp³-hybridized carbons (Fsp3) is 0.625. The molecule has 22 heavy (non-hydrogen) atoms. The Balaban J connectivity index is 1.79. The third-order valence-electron chi connectivity index (χ3n) is 3.64. The Labute approximate surface area is 137 Å². The molecule has 0 radical (unpaired) electrons. The maximum Gasteiger partial charge on any atom is 0.190 e. The molecular formula is C16H27N5S. The number of hydrogen-bond donors (Lipinski definition) is 1. The Morgan fingerprint density at radius 1 is 1.32 bits per heavy atom. The first kappa shape index (κ1) is 17.1. The number of nitrogens with one attached hydrogen (secondary N) is 1. The van der Waals surface area contributed by atoms with E-state index < -0.39 is 0 Å². The number of aromatic nitrogens is 4. The Morgan fingerprint density at radius 2 is 2.14 bits per heavy atom. The van der Waals surface area contributed by atoms with Gasteiger partial charge in [0.25, 0.3) is 0 Å². The van der Waals surface area contributed by atoms with Crippen molar-refractivity contribution in [1.29, 1.82) is 0 Å². The second kappa shape index (κ2) is 8.39. The normalized spacial score (nSPS) is 11.5. The third-order valence-corrected chi connectivity index (χ3v) is 4.30. The van der Waals surface area contributed by atoms with Crippen molar-refractivity contribution in [3.8, 4) is 0 Å². The zero-order valence-electron chi connectivity index (χ0n) is 14.0. The lowest BCUT2D eigenvalue weighted by Gasteiger charge is -2.11. The van der Waals surface area contributed by atoms with Gasteiger partial charge in [0, 0.05) is 38.4 Å². The Morgan fingerprint density at radius 3 is 2.77 bits per heavy atom. The lowest BCUT2D eigenvalue weighted by atomic mass is 10.2. The molecule has 0 amide bonds. The monoisotopic (exact) mass is 321 g/mol. The van der Waals surface area contributed by atoms with E-state index >= 15 is 0 Å². The smallest absolute Gasteiger partial charge is 0.190 e. The summed E-state index contributed by atoms with van der Waals surface area (Å²) >= 11 is 1.67. The summed E-state index contributed by atoms with van der Waals surface area (Å²) in [7, 11) is 2.08. The van der Waals surface area contributed by atoms with Crippen molar-refractivity contribution >= 4 is 11.8 Å². The zero-order chi connectivity index (χ0) is 15.9. The molecule has 0 bridgehead atoms. The largest absolute Gasteiger partial charge is 0.353 e. The highest BCUT2D eigenvalue weighted by Crippen LogP contribution is 2.16. The molecule has 0 unspecified atom stereocenters. The van der Waals surface area contributed by atoms with Gasteiger partial charge in [-0.15, -0.1) is 10.2 Å². The van der Waals surface area contributed by atoms with Crippen LogP contribution in [0.5, 0.6) is 0 Å². The number of nitrogens with zero attached hydrogens (tertiary/aromatic N) is 4. The predicted octanol–water partition coefficient (Wildman–Crippen LogP) is 2.72. The van der Waals surface area contributed by atoms with Crippen LogP contribution in [0.3, 0.4) is 0 Å². The van der Waals surface area contributed by atoms with Crippen molar-refractivity contribution in [2.45, 2.75) is 44.9 Å². The molecule has 2 aromatic rings. The minimum atomic E-state index is 0.608. The van der Waals surface area contributed by atoms with Gasteiger partial charge in [-0.25, -0.2) is 0 Å². The average Bonchev–Trinajstić information content (AvgIpc) is 3.05. The molecule has 0 aliphatic rings. The van der Waals surface area contributed by atoms with Crippen molar-refractivity contribution in [2.24, 2.45) is 13.0 Å².